The molecule has 2 heterocycles. The van der Waals surface area contributed by atoms with E-state index in [1.54, 1.807) is 6.92 Å². The quantitative estimate of drug-likeness (QED) is 0.327. The number of hydrogen-bond donors (Lipinski definition) is 5. The minimum atomic E-state index is -1.33. The highest BCUT2D eigenvalue weighted by molar-refractivity contribution is 5.91. The highest BCUT2D eigenvalue weighted by Gasteiger charge is 2.40. The molecule has 0 bridgehead atoms. The summed E-state index contributed by atoms with van der Waals surface area (Å²) in [5.41, 5.74) is 0. The fourth-order valence-electron chi connectivity index (χ4n) is 2.29. The number of rotatable bonds is 4. The summed E-state index contributed by atoms with van der Waals surface area (Å²) in [5, 5.41) is 44.9. The predicted octanol–water partition coefficient (Wildman–Crippen LogP) is -1.64. The van der Waals surface area contributed by atoms with Crippen LogP contribution in [0.2, 0.25) is 0 Å². The normalized spacial score (nSPS) is 31.7. The first-order valence-corrected chi connectivity index (χ1v) is 6.64. The molecule has 1 saturated heterocycles. The van der Waals surface area contributed by atoms with Gasteiger partial charge in [-0.2, -0.15) is 0 Å². The molecule has 1 aromatic heterocycles. The van der Waals surface area contributed by atoms with Gasteiger partial charge in [-0.05, 0) is 13.0 Å². The molecule has 0 unspecified atom stereocenters. The molecule has 0 aromatic carbocycles. The van der Waals surface area contributed by atoms with Gasteiger partial charge in [-0.1, -0.05) is 0 Å². The summed E-state index contributed by atoms with van der Waals surface area (Å²) in [6.45, 7) is 1.58. The van der Waals surface area contributed by atoms with Gasteiger partial charge >= 0.3 is 5.88 Å². The number of carbonyl (C=O) groups is 1. The van der Waals surface area contributed by atoms with Crippen LogP contribution >= 0.6 is 0 Å². The van der Waals surface area contributed by atoms with Crippen LogP contribution < -0.4 is 10.6 Å². The zero-order chi connectivity index (χ0) is 16.4. The fraction of sp³-hybridized carbons (Fsp3) is 0.583. The van der Waals surface area contributed by atoms with Crippen LogP contribution in [0.4, 0.5) is 5.88 Å². The lowest BCUT2D eigenvalue weighted by Crippen LogP contribution is -2.66. The molecule has 0 spiro atoms. The van der Waals surface area contributed by atoms with Crippen LogP contribution in [-0.4, -0.2) is 63.1 Å². The van der Waals surface area contributed by atoms with Gasteiger partial charge in [0.1, 0.15) is 11.0 Å². The minimum absolute atomic E-state index is 0.0530. The van der Waals surface area contributed by atoms with E-state index in [0.29, 0.717) is 0 Å². The van der Waals surface area contributed by atoms with Crippen molar-refractivity contribution in [2.75, 3.05) is 6.54 Å². The van der Waals surface area contributed by atoms with Crippen LogP contribution in [0.1, 0.15) is 17.5 Å². The molecule has 5 N–H and O–H groups in total. The third-order valence-corrected chi connectivity index (χ3v) is 3.58. The van der Waals surface area contributed by atoms with Crippen LogP contribution in [0.25, 0.3) is 0 Å². The number of nitrogens with zero attached hydrogens (tertiary/aromatic N) is 1. The Balaban J connectivity index is 1.94. The monoisotopic (exact) mass is 315 g/mol. The van der Waals surface area contributed by atoms with Crippen molar-refractivity contribution >= 4 is 11.8 Å². The number of aliphatic hydroxyl groups is 3. The Kier molecular flexibility index (Phi) is 4.76. The molecule has 10 heteroatoms. The lowest BCUT2D eigenvalue weighted by molar-refractivity contribution is -0.402. The molecule has 122 valence electrons. The van der Waals surface area contributed by atoms with Crippen molar-refractivity contribution < 1.29 is 29.5 Å². The van der Waals surface area contributed by atoms with Crippen LogP contribution in [0.5, 0.6) is 0 Å². The van der Waals surface area contributed by atoms with E-state index in [1.165, 1.54) is 6.07 Å². The van der Waals surface area contributed by atoms with Gasteiger partial charge < -0.3 is 30.4 Å². The summed E-state index contributed by atoms with van der Waals surface area (Å²) >= 11 is 0. The van der Waals surface area contributed by atoms with E-state index in [2.05, 4.69) is 10.6 Å². The Bertz CT molecular complexity index is 561. The van der Waals surface area contributed by atoms with Gasteiger partial charge in [0.05, 0.1) is 24.3 Å². The molecule has 1 fully saturated rings. The fourth-order valence-corrected chi connectivity index (χ4v) is 2.29. The average Bonchev–Trinajstić information content (AvgIpc) is 2.97. The molecule has 1 aromatic rings. The standard InChI is InChI=1S/C12H17N3O7/c1-5-9(16)11(18)10(17)6(14-5)4-13-12(19)7-2-3-8(22-7)15(20)21/h2-3,5-6,9-11,14,16-18H,4H2,1H3,(H,13,19)/t5-,6+,9+,10+,11+/m0/s1. The van der Waals surface area contributed by atoms with Crippen molar-refractivity contribution in [2.24, 2.45) is 0 Å². The Morgan fingerprint density at radius 3 is 2.64 bits per heavy atom. The van der Waals surface area contributed by atoms with Gasteiger partial charge in [-0.3, -0.25) is 14.9 Å². The molecule has 1 amide bonds. The van der Waals surface area contributed by atoms with E-state index >= 15 is 0 Å². The third-order valence-electron chi connectivity index (χ3n) is 3.58. The van der Waals surface area contributed by atoms with E-state index in [4.69, 9.17) is 4.42 Å². The summed E-state index contributed by atoms with van der Waals surface area (Å²) in [6.07, 6.45) is -3.71. The van der Waals surface area contributed by atoms with E-state index in [1.807, 2.05) is 0 Å². The zero-order valence-electron chi connectivity index (χ0n) is 11.7. The summed E-state index contributed by atoms with van der Waals surface area (Å²) < 4.78 is 4.75. The third kappa shape index (κ3) is 3.25. The van der Waals surface area contributed by atoms with Gasteiger partial charge in [-0.15, -0.1) is 0 Å². The Morgan fingerprint density at radius 1 is 1.36 bits per heavy atom. The molecule has 10 nitrogen and oxygen atoms in total. The maximum absolute atomic E-state index is 11.8. The second kappa shape index (κ2) is 6.40. The van der Waals surface area contributed by atoms with Crippen molar-refractivity contribution in [3.05, 3.63) is 28.0 Å². The van der Waals surface area contributed by atoms with E-state index in [-0.39, 0.29) is 12.3 Å². The number of piperidine rings is 1. The Labute approximate surface area is 124 Å². The van der Waals surface area contributed by atoms with Crippen LogP contribution in [-0.2, 0) is 0 Å². The molecule has 0 radical (unpaired) electrons. The highest BCUT2D eigenvalue weighted by Crippen LogP contribution is 2.17. The molecule has 2 rings (SSSR count). The summed E-state index contributed by atoms with van der Waals surface area (Å²) in [7, 11) is 0. The van der Waals surface area contributed by atoms with Crippen LogP contribution in [0.15, 0.2) is 16.5 Å². The van der Waals surface area contributed by atoms with Gasteiger partial charge in [0.25, 0.3) is 5.91 Å². The topological polar surface area (TPSA) is 158 Å². The molecule has 22 heavy (non-hydrogen) atoms. The lowest BCUT2D eigenvalue weighted by Gasteiger charge is -2.40. The van der Waals surface area contributed by atoms with Gasteiger partial charge in [0, 0.05) is 12.6 Å². The molecule has 5 atom stereocenters. The first-order chi connectivity index (χ1) is 10.3. The number of amides is 1. The Hall–Kier alpha value is -2.01. The maximum atomic E-state index is 11.8. The number of nitrogens with one attached hydrogen (secondary N) is 2. The predicted molar refractivity (Wildman–Crippen MR) is 72.1 cm³/mol. The van der Waals surface area contributed by atoms with Gasteiger partial charge in [0.2, 0.25) is 0 Å². The van der Waals surface area contributed by atoms with Crippen LogP contribution in [0, 0.1) is 10.1 Å². The van der Waals surface area contributed by atoms with Crippen LogP contribution in [0.3, 0.4) is 0 Å². The minimum Gasteiger partial charge on any atom is -0.395 e. The van der Waals surface area contributed by atoms with E-state index in [9.17, 15) is 30.2 Å². The van der Waals surface area contributed by atoms with Gasteiger partial charge in [-0.25, -0.2) is 0 Å². The molecule has 0 aliphatic carbocycles. The van der Waals surface area contributed by atoms with Crippen molar-refractivity contribution in [1.29, 1.82) is 0 Å². The summed E-state index contributed by atoms with van der Waals surface area (Å²) in [6, 6.07) is 1.08. The molecule has 1 aliphatic rings. The second-order valence-electron chi connectivity index (χ2n) is 5.14. The van der Waals surface area contributed by atoms with Gasteiger partial charge in [0.15, 0.2) is 5.76 Å². The van der Waals surface area contributed by atoms with E-state index in [0.717, 1.165) is 6.07 Å². The lowest BCUT2D eigenvalue weighted by atomic mass is 9.91. The largest absolute Gasteiger partial charge is 0.433 e. The Morgan fingerprint density at radius 2 is 2.05 bits per heavy atom. The van der Waals surface area contributed by atoms with Crippen molar-refractivity contribution in [2.45, 2.75) is 37.3 Å². The first-order valence-electron chi connectivity index (χ1n) is 6.64. The van der Waals surface area contributed by atoms with Crippen molar-refractivity contribution in [3.63, 3.8) is 0 Å². The van der Waals surface area contributed by atoms with Crippen molar-refractivity contribution in [1.82, 2.24) is 10.6 Å². The summed E-state index contributed by atoms with van der Waals surface area (Å²) in [4.78, 5) is 21.5. The number of carbonyl (C=O) groups excluding carboxylic acids is 1. The highest BCUT2D eigenvalue weighted by atomic mass is 16.6. The molecule has 1 aliphatic heterocycles. The number of nitro groups is 1. The maximum Gasteiger partial charge on any atom is 0.433 e. The molecular weight excluding hydrogens is 298 g/mol. The molecule has 0 saturated carbocycles. The number of furan rings is 1. The zero-order valence-corrected chi connectivity index (χ0v) is 11.7. The smallest absolute Gasteiger partial charge is 0.395 e. The first kappa shape index (κ1) is 16.4. The number of aliphatic hydroxyl groups excluding tert-OH is 3. The van der Waals surface area contributed by atoms with E-state index < -0.39 is 47.1 Å². The SMILES string of the molecule is C[C@@H]1N[C@H](CNC(=O)c2ccc([N+](=O)[O-])o2)[C@@H](O)[C@H](O)[C@@H]1O. The summed E-state index contributed by atoms with van der Waals surface area (Å²) in [5.74, 6) is -1.46. The molecular formula is C12H17N3O7. The average molecular weight is 315 g/mol. The number of hydrogen-bond acceptors (Lipinski definition) is 8. The van der Waals surface area contributed by atoms with Crippen molar-refractivity contribution in [3.8, 4) is 0 Å². The second-order valence-corrected chi connectivity index (χ2v) is 5.14.